The van der Waals surface area contributed by atoms with Crippen LogP contribution < -0.4 is 14.8 Å². The van der Waals surface area contributed by atoms with E-state index in [1.165, 1.54) is 30.4 Å². The van der Waals surface area contributed by atoms with Crippen molar-refractivity contribution in [2.45, 2.75) is 24.3 Å². The SMILES string of the molecule is COc1cc2c(cc1OC)C(c1cccs1)N(S(=O)(=O)c1ccc(NC(C)=O)cc1)CC2. The zero-order chi connectivity index (χ0) is 22.9. The van der Waals surface area contributed by atoms with Gasteiger partial charge in [0.25, 0.3) is 0 Å². The summed E-state index contributed by atoms with van der Waals surface area (Å²) in [5, 5.41) is 4.60. The fourth-order valence-corrected chi connectivity index (χ4v) is 6.48. The molecule has 9 heteroatoms. The minimum absolute atomic E-state index is 0.178. The number of methoxy groups -OCH3 is 2. The smallest absolute Gasteiger partial charge is 0.243 e. The Kier molecular flexibility index (Phi) is 6.23. The van der Waals surface area contributed by atoms with Gasteiger partial charge < -0.3 is 14.8 Å². The number of amides is 1. The van der Waals surface area contributed by atoms with Crippen LogP contribution in [0, 0.1) is 0 Å². The standard InChI is InChI=1S/C23H24N2O5S2/c1-15(26)24-17-6-8-18(9-7-17)32(27,28)25-11-10-16-13-20(29-2)21(30-3)14-19(16)23(25)22-5-4-12-31-22/h4-9,12-14,23H,10-11H2,1-3H3,(H,24,26). The highest BCUT2D eigenvalue weighted by atomic mass is 32.2. The molecule has 1 aliphatic heterocycles. The number of nitrogens with one attached hydrogen (secondary N) is 1. The van der Waals surface area contributed by atoms with E-state index in [1.54, 1.807) is 30.7 Å². The van der Waals surface area contributed by atoms with E-state index in [-0.39, 0.29) is 10.8 Å². The molecule has 1 unspecified atom stereocenters. The molecule has 0 bridgehead atoms. The summed E-state index contributed by atoms with van der Waals surface area (Å²) in [6.07, 6.45) is 0.556. The molecule has 4 rings (SSSR count). The lowest BCUT2D eigenvalue weighted by atomic mass is 9.92. The van der Waals surface area contributed by atoms with Gasteiger partial charge in [-0.15, -0.1) is 11.3 Å². The molecule has 0 aliphatic carbocycles. The van der Waals surface area contributed by atoms with Crippen molar-refractivity contribution in [1.29, 1.82) is 0 Å². The van der Waals surface area contributed by atoms with Gasteiger partial charge in [-0.3, -0.25) is 4.79 Å². The Morgan fingerprint density at radius 2 is 1.78 bits per heavy atom. The van der Waals surface area contributed by atoms with Crippen molar-refractivity contribution in [1.82, 2.24) is 4.31 Å². The number of rotatable bonds is 6. The van der Waals surface area contributed by atoms with E-state index in [1.807, 2.05) is 29.6 Å². The third kappa shape index (κ3) is 4.11. The molecule has 1 amide bonds. The summed E-state index contributed by atoms with van der Waals surface area (Å²) in [6.45, 7) is 1.74. The van der Waals surface area contributed by atoms with Crippen molar-refractivity contribution in [3.63, 3.8) is 0 Å². The van der Waals surface area contributed by atoms with Gasteiger partial charge >= 0.3 is 0 Å². The fourth-order valence-electron chi connectivity index (χ4n) is 3.97. The molecular weight excluding hydrogens is 448 g/mol. The number of hydrogen-bond acceptors (Lipinski definition) is 6. The van der Waals surface area contributed by atoms with Crippen LogP contribution in [0.4, 0.5) is 5.69 Å². The quantitative estimate of drug-likeness (QED) is 0.585. The van der Waals surface area contributed by atoms with E-state index in [4.69, 9.17) is 9.47 Å². The van der Waals surface area contributed by atoms with Gasteiger partial charge in [-0.2, -0.15) is 4.31 Å². The summed E-state index contributed by atoms with van der Waals surface area (Å²) in [6, 6.07) is 13.4. The van der Waals surface area contributed by atoms with Gasteiger partial charge in [0, 0.05) is 24.0 Å². The molecule has 3 aromatic rings. The molecular formula is C23H24N2O5S2. The Bertz CT molecular complexity index is 1220. The van der Waals surface area contributed by atoms with Crippen molar-refractivity contribution in [3.05, 3.63) is 69.9 Å². The first-order chi connectivity index (χ1) is 15.3. The molecule has 32 heavy (non-hydrogen) atoms. The normalized spacial score (nSPS) is 16.3. The molecule has 1 atom stereocenters. The highest BCUT2D eigenvalue weighted by Crippen LogP contribution is 2.44. The summed E-state index contributed by atoms with van der Waals surface area (Å²) in [5.41, 5.74) is 2.47. The van der Waals surface area contributed by atoms with Crippen LogP contribution in [-0.2, 0) is 21.2 Å². The number of sulfonamides is 1. The summed E-state index contributed by atoms with van der Waals surface area (Å²) >= 11 is 1.52. The van der Waals surface area contributed by atoms with Crippen molar-refractivity contribution in [2.75, 3.05) is 26.1 Å². The first-order valence-electron chi connectivity index (χ1n) is 10.0. The van der Waals surface area contributed by atoms with Crippen LogP contribution in [0.2, 0.25) is 0 Å². The lowest BCUT2D eigenvalue weighted by Crippen LogP contribution is -2.40. The number of nitrogens with zero attached hydrogens (tertiary/aromatic N) is 1. The minimum atomic E-state index is -3.81. The second kappa shape index (κ2) is 8.93. The average molecular weight is 473 g/mol. The number of ether oxygens (including phenoxy) is 2. The topological polar surface area (TPSA) is 84.9 Å². The average Bonchev–Trinajstić information content (AvgIpc) is 3.31. The third-order valence-corrected chi connectivity index (χ3v) is 8.23. The second-order valence-corrected chi connectivity index (χ2v) is 10.3. The van der Waals surface area contributed by atoms with Gasteiger partial charge in [-0.1, -0.05) is 6.07 Å². The van der Waals surface area contributed by atoms with E-state index in [2.05, 4.69) is 5.32 Å². The van der Waals surface area contributed by atoms with Crippen LogP contribution in [0.25, 0.3) is 0 Å². The number of fused-ring (bicyclic) bond motifs is 1. The van der Waals surface area contributed by atoms with E-state index >= 15 is 0 Å². The van der Waals surface area contributed by atoms with E-state index in [9.17, 15) is 13.2 Å². The van der Waals surface area contributed by atoms with Gasteiger partial charge in [0.1, 0.15) is 0 Å². The Morgan fingerprint density at radius 3 is 2.38 bits per heavy atom. The van der Waals surface area contributed by atoms with Crippen molar-refractivity contribution < 1.29 is 22.7 Å². The van der Waals surface area contributed by atoms with Crippen LogP contribution >= 0.6 is 11.3 Å². The monoisotopic (exact) mass is 472 g/mol. The van der Waals surface area contributed by atoms with Gasteiger partial charge in [0.05, 0.1) is 25.2 Å². The Morgan fingerprint density at radius 1 is 1.09 bits per heavy atom. The maximum Gasteiger partial charge on any atom is 0.243 e. The Balaban J connectivity index is 1.79. The molecule has 2 aromatic carbocycles. The van der Waals surface area contributed by atoms with E-state index in [0.717, 1.165) is 16.0 Å². The summed E-state index contributed by atoms with van der Waals surface area (Å²) in [7, 11) is -0.649. The highest BCUT2D eigenvalue weighted by Gasteiger charge is 2.38. The van der Waals surface area contributed by atoms with E-state index in [0.29, 0.717) is 30.2 Å². The van der Waals surface area contributed by atoms with Crippen molar-refractivity contribution in [3.8, 4) is 11.5 Å². The molecule has 0 spiro atoms. The van der Waals surface area contributed by atoms with Crippen LogP contribution in [0.15, 0.2) is 58.8 Å². The van der Waals surface area contributed by atoms with Crippen molar-refractivity contribution >= 4 is 33.0 Å². The number of benzene rings is 2. The zero-order valence-electron chi connectivity index (χ0n) is 18.0. The largest absolute Gasteiger partial charge is 0.493 e. The van der Waals surface area contributed by atoms with Crippen LogP contribution in [0.5, 0.6) is 11.5 Å². The maximum atomic E-state index is 13.7. The lowest BCUT2D eigenvalue weighted by molar-refractivity contribution is -0.114. The van der Waals surface area contributed by atoms with Crippen LogP contribution in [0.1, 0.15) is 29.0 Å². The fraction of sp³-hybridized carbons (Fsp3) is 0.261. The summed E-state index contributed by atoms with van der Waals surface area (Å²) in [5.74, 6) is 0.975. The summed E-state index contributed by atoms with van der Waals surface area (Å²) in [4.78, 5) is 12.4. The minimum Gasteiger partial charge on any atom is -0.493 e. The summed E-state index contributed by atoms with van der Waals surface area (Å²) < 4.78 is 39.9. The van der Waals surface area contributed by atoms with Crippen LogP contribution in [0.3, 0.4) is 0 Å². The molecule has 1 aliphatic rings. The Hall–Kier alpha value is -2.88. The number of hydrogen-bond donors (Lipinski definition) is 1. The molecule has 1 N–H and O–H groups in total. The molecule has 1 aromatic heterocycles. The maximum absolute atomic E-state index is 13.7. The predicted octanol–water partition coefficient (Wildman–Crippen LogP) is 4.06. The number of thiophene rings is 1. The number of anilines is 1. The predicted molar refractivity (Wildman–Crippen MR) is 124 cm³/mol. The van der Waals surface area contributed by atoms with Crippen LogP contribution in [-0.4, -0.2) is 39.4 Å². The molecule has 0 saturated carbocycles. The van der Waals surface area contributed by atoms with E-state index < -0.39 is 16.1 Å². The third-order valence-electron chi connectivity index (χ3n) is 5.42. The zero-order valence-corrected chi connectivity index (χ0v) is 19.6. The highest BCUT2D eigenvalue weighted by molar-refractivity contribution is 7.89. The van der Waals surface area contributed by atoms with Gasteiger partial charge in [-0.25, -0.2) is 8.42 Å². The molecule has 0 saturated heterocycles. The number of carbonyl (C=O) groups is 1. The van der Waals surface area contributed by atoms with Gasteiger partial charge in [0.2, 0.25) is 15.9 Å². The Labute approximate surface area is 191 Å². The van der Waals surface area contributed by atoms with Gasteiger partial charge in [-0.05, 0) is 65.4 Å². The molecule has 0 fully saturated rings. The van der Waals surface area contributed by atoms with Crippen molar-refractivity contribution in [2.24, 2.45) is 0 Å². The lowest BCUT2D eigenvalue weighted by Gasteiger charge is -2.36. The first-order valence-corrected chi connectivity index (χ1v) is 12.3. The molecule has 0 radical (unpaired) electrons. The second-order valence-electron chi connectivity index (χ2n) is 7.40. The molecule has 7 nitrogen and oxygen atoms in total. The number of carbonyl (C=O) groups excluding carboxylic acids is 1. The molecule has 168 valence electrons. The van der Waals surface area contributed by atoms with Gasteiger partial charge in [0.15, 0.2) is 11.5 Å². The molecule has 2 heterocycles. The first kappa shape index (κ1) is 22.3.